The summed E-state index contributed by atoms with van der Waals surface area (Å²) in [7, 11) is 0. The van der Waals surface area contributed by atoms with Gasteiger partial charge in [-0.1, -0.05) is 20.8 Å². The monoisotopic (exact) mass is 268 g/mol. The Labute approximate surface area is 110 Å². The van der Waals surface area contributed by atoms with Gasteiger partial charge in [0.15, 0.2) is 0 Å². The fourth-order valence-corrected chi connectivity index (χ4v) is 1.54. The Morgan fingerprint density at radius 2 is 2.11 bits per heavy atom. The summed E-state index contributed by atoms with van der Waals surface area (Å²) in [5, 5.41) is 11.4. The van der Waals surface area contributed by atoms with Crippen molar-refractivity contribution in [2.24, 2.45) is 5.41 Å². The zero-order valence-electron chi connectivity index (χ0n) is 11.1. The van der Waals surface area contributed by atoms with E-state index in [1.54, 1.807) is 20.8 Å². The quantitative estimate of drug-likeness (QED) is 0.817. The molecule has 1 atom stereocenters. The normalized spacial score (nSPS) is 12.8. The first-order valence-corrected chi connectivity index (χ1v) is 5.85. The molecule has 0 bridgehead atoms. The van der Waals surface area contributed by atoms with Crippen molar-refractivity contribution in [1.82, 2.24) is 10.3 Å². The van der Waals surface area contributed by atoms with Crippen LogP contribution in [0.2, 0.25) is 0 Å². The molecule has 2 N–H and O–H groups in total. The van der Waals surface area contributed by atoms with Crippen LogP contribution in [0.3, 0.4) is 0 Å². The van der Waals surface area contributed by atoms with E-state index in [1.807, 2.05) is 0 Å². The first-order chi connectivity index (χ1) is 8.71. The van der Waals surface area contributed by atoms with Crippen molar-refractivity contribution in [3.63, 3.8) is 0 Å². The highest BCUT2D eigenvalue weighted by Crippen LogP contribution is 2.22. The standard InChI is InChI=1S/C13H17FN2O3/c1-13(2,3)9(7-10(17)18)16-12(19)8-5-4-6-15-11(8)14/h4-6,9H,7H2,1-3H3,(H,16,19)(H,17,18). The number of nitrogens with one attached hydrogen (secondary N) is 1. The minimum absolute atomic E-state index is 0.192. The molecule has 0 fully saturated rings. The molecule has 6 heteroatoms. The average Bonchev–Trinajstić information content (AvgIpc) is 2.26. The molecule has 0 spiro atoms. The van der Waals surface area contributed by atoms with Gasteiger partial charge in [-0.2, -0.15) is 4.39 Å². The number of halogens is 1. The number of hydrogen-bond acceptors (Lipinski definition) is 3. The smallest absolute Gasteiger partial charge is 0.305 e. The minimum atomic E-state index is -1.02. The third-order valence-electron chi connectivity index (χ3n) is 2.73. The first-order valence-electron chi connectivity index (χ1n) is 5.85. The SMILES string of the molecule is CC(C)(C)C(CC(=O)O)NC(=O)c1cccnc1F. The molecule has 0 radical (unpaired) electrons. The van der Waals surface area contributed by atoms with Crippen molar-refractivity contribution in [2.75, 3.05) is 0 Å². The summed E-state index contributed by atoms with van der Waals surface area (Å²) in [6.45, 7) is 5.42. The van der Waals surface area contributed by atoms with Crippen LogP contribution < -0.4 is 5.32 Å². The number of pyridine rings is 1. The molecule has 5 nitrogen and oxygen atoms in total. The lowest BCUT2D eigenvalue weighted by molar-refractivity contribution is -0.138. The summed E-state index contributed by atoms with van der Waals surface area (Å²) in [5.41, 5.74) is -0.644. The molecule has 0 saturated carbocycles. The van der Waals surface area contributed by atoms with E-state index >= 15 is 0 Å². The molecular weight excluding hydrogens is 251 g/mol. The fraction of sp³-hybridized carbons (Fsp3) is 0.462. The number of aliphatic carboxylic acids is 1. The molecule has 1 heterocycles. The summed E-state index contributed by atoms with van der Waals surface area (Å²) in [5.74, 6) is -2.55. The summed E-state index contributed by atoms with van der Waals surface area (Å²) in [6, 6.07) is 2.15. The van der Waals surface area contributed by atoms with Crippen LogP contribution in [0.5, 0.6) is 0 Å². The number of amides is 1. The maximum absolute atomic E-state index is 13.4. The number of nitrogens with zero attached hydrogens (tertiary/aromatic N) is 1. The summed E-state index contributed by atoms with van der Waals surface area (Å²) in [6.07, 6.45) is 1.02. The van der Waals surface area contributed by atoms with E-state index in [2.05, 4.69) is 10.3 Å². The van der Waals surface area contributed by atoms with E-state index in [9.17, 15) is 14.0 Å². The van der Waals surface area contributed by atoms with Crippen molar-refractivity contribution >= 4 is 11.9 Å². The summed E-state index contributed by atoms with van der Waals surface area (Å²) >= 11 is 0. The molecule has 1 aromatic rings. The number of carbonyl (C=O) groups is 2. The Morgan fingerprint density at radius 3 is 2.58 bits per heavy atom. The van der Waals surface area contributed by atoms with Crippen LogP contribution in [0.4, 0.5) is 4.39 Å². The van der Waals surface area contributed by atoms with Crippen LogP contribution in [0.1, 0.15) is 37.6 Å². The van der Waals surface area contributed by atoms with Gasteiger partial charge in [-0.05, 0) is 17.5 Å². The Kier molecular flexibility index (Phi) is 4.58. The molecular formula is C13H17FN2O3. The highest BCUT2D eigenvalue weighted by molar-refractivity contribution is 5.94. The highest BCUT2D eigenvalue weighted by Gasteiger charge is 2.29. The van der Waals surface area contributed by atoms with Gasteiger partial charge in [0.1, 0.15) is 0 Å². The van der Waals surface area contributed by atoms with E-state index in [4.69, 9.17) is 5.11 Å². The number of aromatic nitrogens is 1. The second kappa shape index (κ2) is 5.77. The lowest BCUT2D eigenvalue weighted by Gasteiger charge is -2.30. The zero-order valence-corrected chi connectivity index (χ0v) is 11.1. The van der Waals surface area contributed by atoms with Crippen molar-refractivity contribution in [1.29, 1.82) is 0 Å². The predicted molar refractivity (Wildman–Crippen MR) is 67.2 cm³/mol. The Bertz CT molecular complexity index is 483. The molecule has 0 saturated heterocycles. The van der Waals surface area contributed by atoms with Crippen LogP contribution in [0, 0.1) is 11.4 Å². The van der Waals surface area contributed by atoms with E-state index in [1.165, 1.54) is 18.3 Å². The van der Waals surface area contributed by atoms with Crippen LogP contribution in [-0.4, -0.2) is 28.0 Å². The molecule has 104 valence electrons. The van der Waals surface area contributed by atoms with Crippen molar-refractivity contribution < 1.29 is 19.1 Å². The maximum Gasteiger partial charge on any atom is 0.305 e. The number of hydrogen-bond donors (Lipinski definition) is 2. The highest BCUT2D eigenvalue weighted by atomic mass is 19.1. The number of rotatable bonds is 4. The maximum atomic E-state index is 13.4. The molecule has 1 rings (SSSR count). The fourth-order valence-electron chi connectivity index (χ4n) is 1.54. The first kappa shape index (κ1) is 15.1. The minimum Gasteiger partial charge on any atom is -0.481 e. The third-order valence-corrected chi connectivity index (χ3v) is 2.73. The number of carboxylic acids is 1. The molecule has 1 amide bonds. The Hall–Kier alpha value is -1.98. The van der Waals surface area contributed by atoms with Crippen LogP contribution in [0.25, 0.3) is 0 Å². The van der Waals surface area contributed by atoms with Gasteiger partial charge in [0.25, 0.3) is 5.91 Å². The molecule has 1 aromatic heterocycles. The van der Waals surface area contributed by atoms with Gasteiger partial charge in [0.2, 0.25) is 5.95 Å². The number of carbonyl (C=O) groups excluding carboxylic acids is 1. The van der Waals surface area contributed by atoms with Crippen molar-refractivity contribution in [3.8, 4) is 0 Å². The molecule has 0 aliphatic carbocycles. The van der Waals surface area contributed by atoms with Crippen LogP contribution in [-0.2, 0) is 4.79 Å². The Balaban J connectivity index is 2.88. The summed E-state index contributed by atoms with van der Waals surface area (Å²) < 4.78 is 13.4. The molecule has 0 aliphatic rings. The van der Waals surface area contributed by atoms with Crippen molar-refractivity contribution in [2.45, 2.75) is 33.2 Å². The largest absolute Gasteiger partial charge is 0.481 e. The second-order valence-electron chi connectivity index (χ2n) is 5.33. The van der Waals surface area contributed by atoms with Gasteiger partial charge in [0.05, 0.1) is 12.0 Å². The van der Waals surface area contributed by atoms with Gasteiger partial charge in [-0.15, -0.1) is 0 Å². The van der Waals surface area contributed by atoms with E-state index in [-0.39, 0.29) is 12.0 Å². The molecule has 0 aromatic carbocycles. The average molecular weight is 268 g/mol. The van der Waals surface area contributed by atoms with Crippen molar-refractivity contribution in [3.05, 3.63) is 29.8 Å². The molecule has 19 heavy (non-hydrogen) atoms. The van der Waals surface area contributed by atoms with E-state index in [0.29, 0.717) is 0 Å². The lowest BCUT2D eigenvalue weighted by Crippen LogP contribution is -2.45. The lowest BCUT2D eigenvalue weighted by atomic mass is 9.84. The van der Waals surface area contributed by atoms with Gasteiger partial charge in [-0.3, -0.25) is 9.59 Å². The topological polar surface area (TPSA) is 79.3 Å². The van der Waals surface area contributed by atoms with Crippen LogP contribution in [0.15, 0.2) is 18.3 Å². The van der Waals surface area contributed by atoms with Gasteiger partial charge in [-0.25, -0.2) is 4.98 Å². The van der Waals surface area contributed by atoms with Crippen LogP contribution >= 0.6 is 0 Å². The third kappa shape index (κ3) is 4.31. The summed E-state index contributed by atoms with van der Waals surface area (Å²) in [4.78, 5) is 26.1. The number of carboxylic acid groups (broad SMARTS) is 1. The van der Waals surface area contributed by atoms with Gasteiger partial charge >= 0.3 is 5.97 Å². The predicted octanol–water partition coefficient (Wildman–Crippen LogP) is 1.84. The Morgan fingerprint density at radius 1 is 1.47 bits per heavy atom. The molecule has 1 unspecified atom stereocenters. The van der Waals surface area contributed by atoms with E-state index in [0.717, 1.165) is 0 Å². The zero-order chi connectivity index (χ0) is 14.6. The second-order valence-corrected chi connectivity index (χ2v) is 5.33. The van der Waals surface area contributed by atoms with Gasteiger partial charge in [0, 0.05) is 12.2 Å². The molecule has 0 aliphatic heterocycles. The van der Waals surface area contributed by atoms with Gasteiger partial charge < -0.3 is 10.4 Å². The van der Waals surface area contributed by atoms with E-state index < -0.39 is 29.3 Å².